The maximum atomic E-state index is 9.71. The summed E-state index contributed by atoms with van der Waals surface area (Å²) in [7, 11) is 0. The van der Waals surface area contributed by atoms with Gasteiger partial charge in [0.15, 0.2) is 5.82 Å². The third-order valence-corrected chi connectivity index (χ3v) is 2.78. The van der Waals surface area contributed by atoms with Gasteiger partial charge in [0.2, 0.25) is 0 Å². The van der Waals surface area contributed by atoms with Gasteiger partial charge < -0.3 is 9.84 Å². The van der Waals surface area contributed by atoms with Gasteiger partial charge in [-0.25, -0.2) is 4.98 Å². The van der Waals surface area contributed by atoms with Crippen molar-refractivity contribution < 1.29 is 9.84 Å². The van der Waals surface area contributed by atoms with Gasteiger partial charge >= 0.3 is 0 Å². The molecule has 2 N–H and O–H groups in total. The van der Waals surface area contributed by atoms with Crippen LogP contribution in [0.4, 0.5) is 0 Å². The number of H-pyrrole nitrogens is 1. The first-order valence-electron chi connectivity index (χ1n) is 5.51. The topological polar surface area (TPSA) is 71.0 Å². The van der Waals surface area contributed by atoms with Crippen LogP contribution in [-0.2, 0) is 4.74 Å². The van der Waals surface area contributed by atoms with E-state index in [0.29, 0.717) is 11.9 Å². The van der Waals surface area contributed by atoms with E-state index in [1.165, 1.54) is 19.2 Å². The van der Waals surface area contributed by atoms with Crippen molar-refractivity contribution in [3.05, 3.63) is 12.2 Å². The average molecular weight is 211 g/mol. The summed E-state index contributed by atoms with van der Waals surface area (Å²) in [5.41, 5.74) is 0. The van der Waals surface area contributed by atoms with Gasteiger partial charge in [-0.15, -0.1) is 0 Å². The lowest BCUT2D eigenvalue weighted by Gasteiger charge is -2.10. The van der Waals surface area contributed by atoms with E-state index in [4.69, 9.17) is 4.74 Å². The maximum Gasteiger partial charge on any atom is 0.153 e. The Bertz CT molecular complexity index is 270. The summed E-state index contributed by atoms with van der Waals surface area (Å²) in [6.07, 6.45) is 6.36. The van der Waals surface area contributed by atoms with Crippen LogP contribution in [0.3, 0.4) is 0 Å². The SMILES string of the molecule is OC(CCCC1CCCO1)c1ncn[nH]1. The lowest BCUT2D eigenvalue weighted by Crippen LogP contribution is -2.06. The first-order chi connectivity index (χ1) is 7.36. The summed E-state index contributed by atoms with van der Waals surface area (Å²) >= 11 is 0. The molecule has 1 aliphatic rings. The Labute approximate surface area is 88.9 Å². The van der Waals surface area contributed by atoms with E-state index in [9.17, 15) is 5.11 Å². The highest BCUT2D eigenvalue weighted by atomic mass is 16.5. The molecule has 1 saturated heterocycles. The van der Waals surface area contributed by atoms with E-state index in [1.54, 1.807) is 0 Å². The molecule has 5 heteroatoms. The fourth-order valence-electron chi connectivity index (χ4n) is 1.92. The van der Waals surface area contributed by atoms with Crippen molar-refractivity contribution in [2.24, 2.45) is 0 Å². The second-order valence-corrected chi connectivity index (χ2v) is 3.95. The Morgan fingerprint density at radius 3 is 3.27 bits per heavy atom. The first kappa shape index (κ1) is 10.6. The Hall–Kier alpha value is -0.940. The second kappa shape index (κ2) is 5.23. The van der Waals surface area contributed by atoms with E-state index >= 15 is 0 Å². The van der Waals surface area contributed by atoms with Gasteiger partial charge in [0.1, 0.15) is 12.4 Å². The van der Waals surface area contributed by atoms with E-state index in [2.05, 4.69) is 15.2 Å². The molecule has 1 aliphatic heterocycles. The number of aliphatic hydroxyl groups is 1. The standard InChI is InChI=1S/C10H17N3O2/c14-9(10-11-7-12-13-10)5-1-3-8-4-2-6-15-8/h7-9,14H,1-6H2,(H,11,12,13). The Morgan fingerprint density at radius 1 is 1.67 bits per heavy atom. The van der Waals surface area contributed by atoms with Crippen molar-refractivity contribution in [3.8, 4) is 0 Å². The van der Waals surface area contributed by atoms with Crippen LogP contribution in [0.5, 0.6) is 0 Å². The second-order valence-electron chi connectivity index (χ2n) is 3.95. The van der Waals surface area contributed by atoms with Gasteiger partial charge in [0.05, 0.1) is 6.10 Å². The number of aromatic nitrogens is 3. The normalized spacial score (nSPS) is 23.1. The molecule has 2 heterocycles. The highest BCUT2D eigenvalue weighted by Gasteiger charge is 2.16. The highest BCUT2D eigenvalue weighted by Crippen LogP contribution is 2.21. The zero-order valence-corrected chi connectivity index (χ0v) is 8.72. The summed E-state index contributed by atoms with van der Waals surface area (Å²) in [4.78, 5) is 3.92. The number of rotatable bonds is 5. The zero-order chi connectivity index (χ0) is 10.5. The van der Waals surface area contributed by atoms with Gasteiger partial charge in [0.25, 0.3) is 0 Å². The number of ether oxygens (including phenoxy) is 1. The Balaban J connectivity index is 1.65. The lowest BCUT2D eigenvalue weighted by atomic mass is 10.1. The molecule has 0 saturated carbocycles. The van der Waals surface area contributed by atoms with Crippen LogP contribution in [0.25, 0.3) is 0 Å². The van der Waals surface area contributed by atoms with Gasteiger partial charge in [-0.2, -0.15) is 5.10 Å². The number of hydrogen-bond acceptors (Lipinski definition) is 4. The van der Waals surface area contributed by atoms with Crippen molar-refractivity contribution in [1.82, 2.24) is 15.2 Å². The Kier molecular flexibility index (Phi) is 3.69. The summed E-state index contributed by atoms with van der Waals surface area (Å²) in [6.45, 7) is 0.898. The molecule has 2 rings (SSSR count). The number of hydrogen-bond donors (Lipinski definition) is 2. The van der Waals surface area contributed by atoms with Crippen LogP contribution in [0.15, 0.2) is 6.33 Å². The third kappa shape index (κ3) is 3.00. The van der Waals surface area contributed by atoms with Crippen LogP contribution in [0, 0.1) is 0 Å². The smallest absolute Gasteiger partial charge is 0.153 e. The van der Waals surface area contributed by atoms with Crippen molar-refractivity contribution >= 4 is 0 Å². The van der Waals surface area contributed by atoms with E-state index in [0.717, 1.165) is 25.9 Å². The van der Waals surface area contributed by atoms with Gasteiger partial charge in [-0.3, -0.25) is 5.10 Å². The van der Waals surface area contributed by atoms with Crippen LogP contribution in [0.1, 0.15) is 44.0 Å². The molecule has 0 spiro atoms. The predicted molar refractivity (Wildman–Crippen MR) is 54.2 cm³/mol. The number of aromatic amines is 1. The van der Waals surface area contributed by atoms with Crippen LogP contribution >= 0.6 is 0 Å². The largest absolute Gasteiger partial charge is 0.385 e. The summed E-state index contributed by atoms with van der Waals surface area (Å²) in [5, 5.41) is 16.1. The molecule has 2 atom stereocenters. The monoisotopic (exact) mass is 211 g/mol. The van der Waals surface area contributed by atoms with Crippen molar-refractivity contribution in [1.29, 1.82) is 0 Å². The molecule has 15 heavy (non-hydrogen) atoms. The maximum absolute atomic E-state index is 9.71. The molecule has 1 aromatic rings. The van der Waals surface area contributed by atoms with Gasteiger partial charge in [-0.05, 0) is 32.1 Å². The molecule has 0 aromatic carbocycles. The zero-order valence-electron chi connectivity index (χ0n) is 8.72. The minimum absolute atomic E-state index is 0.409. The minimum Gasteiger partial charge on any atom is -0.385 e. The van der Waals surface area contributed by atoms with E-state index in [-0.39, 0.29) is 0 Å². The highest BCUT2D eigenvalue weighted by molar-refractivity contribution is 4.85. The van der Waals surface area contributed by atoms with Crippen LogP contribution in [-0.4, -0.2) is 33.0 Å². The molecule has 0 bridgehead atoms. The molecular formula is C10H17N3O2. The quantitative estimate of drug-likeness (QED) is 0.767. The summed E-state index contributed by atoms with van der Waals surface area (Å²) < 4.78 is 5.51. The summed E-state index contributed by atoms with van der Waals surface area (Å²) in [5.74, 6) is 0.558. The number of aliphatic hydroxyl groups excluding tert-OH is 1. The van der Waals surface area contributed by atoms with Gasteiger partial charge in [0, 0.05) is 6.61 Å². The van der Waals surface area contributed by atoms with Crippen LogP contribution in [0.2, 0.25) is 0 Å². The van der Waals surface area contributed by atoms with Crippen LogP contribution < -0.4 is 0 Å². The van der Waals surface area contributed by atoms with Crippen molar-refractivity contribution in [2.45, 2.75) is 44.3 Å². The molecule has 5 nitrogen and oxygen atoms in total. The van der Waals surface area contributed by atoms with Crippen molar-refractivity contribution in [3.63, 3.8) is 0 Å². The molecule has 0 amide bonds. The molecule has 1 aromatic heterocycles. The summed E-state index contributed by atoms with van der Waals surface area (Å²) in [6, 6.07) is 0. The fourth-order valence-corrected chi connectivity index (χ4v) is 1.92. The molecule has 1 fully saturated rings. The van der Waals surface area contributed by atoms with Crippen molar-refractivity contribution in [2.75, 3.05) is 6.61 Å². The molecule has 2 unspecified atom stereocenters. The predicted octanol–water partition coefficient (Wildman–Crippen LogP) is 1.19. The average Bonchev–Trinajstić information content (AvgIpc) is 2.90. The Morgan fingerprint density at radius 2 is 2.60 bits per heavy atom. The van der Waals surface area contributed by atoms with E-state index in [1.807, 2.05) is 0 Å². The fraction of sp³-hybridized carbons (Fsp3) is 0.800. The first-order valence-corrected chi connectivity index (χ1v) is 5.51. The number of nitrogens with zero attached hydrogens (tertiary/aromatic N) is 2. The van der Waals surface area contributed by atoms with Gasteiger partial charge in [-0.1, -0.05) is 0 Å². The molecule has 0 radical (unpaired) electrons. The minimum atomic E-state index is -0.520. The van der Waals surface area contributed by atoms with E-state index < -0.39 is 6.10 Å². The third-order valence-electron chi connectivity index (χ3n) is 2.78. The molecule has 84 valence electrons. The lowest BCUT2D eigenvalue weighted by molar-refractivity contribution is 0.0933. The molecular weight excluding hydrogens is 194 g/mol. The number of nitrogens with one attached hydrogen (secondary N) is 1. The molecule has 0 aliphatic carbocycles.